The number of halogens is 1. The predicted molar refractivity (Wildman–Crippen MR) is 77.0 cm³/mol. The minimum atomic E-state index is 0.153. The lowest BCUT2D eigenvalue weighted by molar-refractivity contribution is -0.135. The quantitative estimate of drug-likeness (QED) is 0.850. The number of benzene rings is 1. The van der Waals surface area contributed by atoms with E-state index in [0.717, 1.165) is 15.4 Å². The third-order valence-corrected chi connectivity index (χ3v) is 4.12. The van der Waals surface area contributed by atoms with Gasteiger partial charge in [-0.05, 0) is 18.2 Å². The fraction of sp³-hybridized carbons (Fsp3) is 0.357. The lowest BCUT2D eigenvalue weighted by atomic mass is 10.2. The summed E-state index contributed by atoms with van der Waals surface area (Å²) in [6, 6.07) is 8.07. The highest BCUT2D eigenvalue weighted by Gasteiger charge is 2.17. The van der Waals surface area contributed by atoms with E-state index in [0.29, 0.717) is 32.8 Å². The first-order chi connectivity index (χ1) is 9.25. The standard InChI is InChI=1S/C14H15BrN2O2/c15-12-2-1-3-13-11(12)4-5-17(13)10-14(18)16-6-8-19-9-7-16/h1-5H,6-10H2. The number of hydrogen-bond acceptors (Lipinski definition) is 2. The Morgan fingerprint density at radius 3 is 2.84 bits per heavy atom. The van der Waals surface area contributed by atoms with Crippen molar-refractivity contribution in [2.75, 3.05) is 26.3 Å². The van der Waals surface area contributed by atoms with Crippen molar-refractivity contribution in [3.8, 4) is 0 Å². The topological polar surface area (TPSA) is 34.5 Å². The number of amides is 1. The molecule has 0 atom stereocenters. The summed E-state index contributed by atoms with van der Waals surface area (Å²) in [6.45, 7) is 3.07. The number of aromatic nitrogens is 1. The molecule has 0 saturated carbocycles. The van der Waals surface area contributed by atoms with Crippen LogP contribution in [0.5, 0.6) is 0 Å². The van der Waals surface area contributed by atoms with Crippen molar-refractivity contribution in [3.05, 3.63) is 34.9 Å². The fourth-order valence-corrected chi connectivity index (χ4v) is 2.87. The highest BCUT2D eigenvalue weighted by atomic mass is 79.9. The summed E-state index contributed by atoms with van der Waals surface area (Å²) >= 11 is 3.53. The molecule has 100 valence electrons. The van der Waals surface area contributed by atoms with Gasteiger partial charge in [-0.1, -0.05) is 22.0 Å². The second-order valence-corrected chi connectivity index (χ2v) is 5.46. The number of morpholine rings is 1. The number of rotatable bonds is 2. The molecule has 0 N–H and O–H groups in total. The number of ether oxygens (including phenoxy) is 1. The van der Waals surface area contributed by atoms with Crippen LogP contribution in [-0.4, -0.2) is 41.7 Å². The van der Waals surface area contributed by atoms with Crippen LogP contribution >= 0.6 is 15.9 Å². The summed E-state index contributed by atoms with van der Waals surface area (Å²) < 4.78 is 8.32. The second kappa shape index (κ2) is 5.35. The fourth-order valence-electron chi connectivity index (χ4n) is 2.38. The molecule has 1 aromatic carbocycles. The van der Waals surface area contributed by atoms with Crippen LogP contribution in [0.1, 0.15) is 0 Å². The maximum Gasteiger partial charge on any atom is 0.242 e. The molecule has 19 heavy (non-hydrogen) atoms. The van der Waals surface area contributed by atoms with Crippen molar-refractivity contribution in [1.82, 2.24) is 9.47 Å². The van der Waals surface area contributed by atoms with Gasteiger partial charge in [0.15, 0.2) is 0 Å². The third-order valence-electron chi connectivity index (χ3n) is 3.43. The molecule has 1 fully saturated rings. The summed E-state index contributed by atoms with van der Waals surface area (Å²) in [5, 5.41) is 1.14. The predicted octanol–water partition coefficient (Wildman–Crippen LogP) is 2.26. The molecule has 0 bridgehead atoms. The van der Waals surface area contributed by atoms with E-state index in [2.05, 4.69) is 15.9 Å². The number of fused-ring (bicyclic) bond motifs is 1. The molecule has 3 rings (SSSR count). The first kappa shape index (κ1) is 12.7. The van der Waals surface area contributed by atoms with Gasteiger partial charge < -0.3 is 14.2 Å². The van der Waals surface area contributed by atoms with E-state index in [1.54, 1.807) is 0 Å². The molecule has 1 amide bonds. The lowest BCUT2D eigenvalue weighted by Gasteiger charge is -2.27. The summed E-state index contributed by atoms with van der Waals surface area (Å²) in [7, 11) is 0. The lowest BCUT2D eigenvalue weighted by Crippen LogP contribution is -2.42. The van der Waals surface area contributed by atoms with Gasteiger partial charge in [0.1, 0.15) is 6.54 Å². The molecule has 0 radical (unpaired) electrons. The summed E-state index contributed by atoms with van der Waals surface area (Å²) in [6.07, 6.45) is 1.97. The van der Waals surface area contributed by atoms with Crippen LogP contribution < -0.4 is 0 Å². The van der Waals surface area contributed by atoms with Crippen molar-refractivity contribution < 1.29 is 9.53 Å². The molecular weight excluding hydrogens is 308 g/mol. The Hall–Kier alpha value is -1.33. The Kier molecular flexibility index (Phi) is 3.57. The van der Waals surface area contributed by atoms with Gasteiger partial charge in [-0.2, -0.15) is 0 Å². The van der Waals surface area contributed by atoms with Crippen LogP contribution in [0, 0.1) is 0 Å². The summed E-state index contributed by atoms with van der Waals surface area (Å²) in [4.78, 5) is 14.1. The van der Waals surface area contributed by atoms with Gasteiger partial charge in [0, 0.05) is 34.7 Å². The smallest absolute Gasteiger partial charge is 0.242 e. The monoisotopic (exact) mass is 322 g/mol. The van der Waals surface area contributed by atoms with Gasteiger partial charge in [0.25, 0.3) is 0 Å². The van der Waals surface area contributed by atoms with Gasteiger partial charge in [-0.15, -0.1) is 0 Å². The first-order valence-electron chi connectivity index (χ1n) is 6.34. The zero-order valence-electron chi connectivity index (χ0n) is 10.5. The Bertz CT molecular complexity index is 603. The van der Waals surface area contributed by atoms with E-state index in [1.807, 2.05) is 39.9 Å². The number of carbonyl (C=O) groups is 1. The average Bonchev–Trinajstić information content (AvgIpc) is 2.84. The van der Waals surface area contributed by atoms with Gasteiger partial charge in [0.05, 0.1) is 13.2 Å². The summed E-state index contributed by atoms with van der Waals surface area (Å²) in [5.41, 5.74) is 1.08. The largest absolute Gasteiger partial charge is 0.378 e. The van der Waals surface area contributed by atoms with Crippen molar-refractivity contribution in [2.45, 2.75) is 6.54 Å². The van der Waals surface area contributed by atoms with Gasteiger partial charge in [-0.3, -0.25) is 4.79 Å². The zero-order valence-corrected chi connectivity index (χ0v) is 12.1. The molecule has 0 spiro atoms. The Labute approximate surface area is 120 Å². The van der Waals surface area contributed by atoms with Crippen molar-refractivity contribution in [2.24, 2.45) is 0 Å². The normalized spacial score (nSPS) is 15.9. The highest BCUT2D eigenvalue weighted by Crippen LogP contribution is 2.24. The third kappa shape index (κ3) is 2.53. The Morgan fingerprint density at radius 2 is 2.05 bits per heavy atom. The summed E-state index contributed by atoms with van der Waals surface area (Å²) in [5.74, 6) is 0.153. The van der Waals surface area contributed by atoms with E-state index >= 15 is 0 Å². The van der Waals surface area contributed by atoms with Gasteiger partial charge in [0.2, 0.25) is 5.91 Å². The van der Waals surface area contributed by atoms with Crippen LogP contribution in [-0.2, 0) is 16.1 Å². The number of carbonyl (C=O) groups excluding carboxylic acids is 1. The molecular formula is C14H15BrN2O2. The van der Waals surface area contributed by atoms with Gasteiger partial charge >= 0.3 is 0 Å². The maximum atomic E-state index is 12.2. The maximum absolute atomic E-state index is 12.2. The van der Waals surface area contributed by atoms with Crippen molar-refractivity contribution >= 4 is 32.7 Å². The van der Waals surface area contributed by atoms with Crippen LogP contribution in [0.3, 0.4) is 0 Å². The number of hydrogen-bond donors (Lipinski definition) is 0. The van der Waals surface area contributed by atoms with E-state index in [9.17, 15) is 4.79 Å². The SMILES string of the molecule is O=C(Cn1ccc2c(Br)cccc21)N1CCOCC1. The van der Waals surface area contributed by atoms with E-state index in [1.165, 1.54) is 0 Å². The molecule has 1 saturated heterocycles. The van der Waals surface area contributed by atoms with Gasteiger partial charge in [-0.25, -0.2) is 0 Å². The van der Waals surface area contributed by atoms with Crippen LogP contribution in [0.4, 0.5) is 0 Å². The molecule has 1 aliphatic rings. The molecule has 1 aliphatic heterocycles. The molecule has 0 unspecified atom stereocenters. The number of nitrogens with zero attached hydrogens (tertiary/aromatic N) is 2. The van der Waals surface area contributed by atoms with E-state index < -0.39 is 0 Å². The molecule has 2 aromatic rings. The first-order valence-corrected chi connectivity index (χ1v) is 7.14. The van der Waals surface area contributed by atoms with Crippen LogP contribution in [0.2, 0.25) is 0 Å². The van der Waals surface area contributed by atoms with E-state index in [-0.39, 0.29) is 5.91 Å². The minimum Gasteiger partial charge on any atom is -0.378 e. The van der Waals surface area contributed by atoms with Crippen molar-refractivity contribution in [3.63, 3.8) is 0 Å². The minimum absolute atomic E-state index is 0.153. The average molecular weight is 323 g/mol. The second-order valence-electron chi connectivity index (χ2n) is 4.61. The zero-order chi connectivity index (χ0) is 13.2. The highest BCUT2D eigenvalue weighted by molar-refractivity contribution is 9.10. The van der Waals surface area contributed by atoms with E-state index in [4.69, 9.17) is 4.74 Å². The van der Waals surface area contributed by atoms with Crippen molar-refractivity contribution in [1.29, 1.82) is 0 Å². The molecule has 2 heterocycles. The Morgan fingerprint density at radius 1 is 1.26 bits per heavy atom. The molecule has 4 nitrogen and oxygen atoms in total. The molecule has 0 aliphatic carbocycles. The molecule has 5 heteroatoms. The molecule has 1 aromatic heterocycles. The Balaban J connectivity index is 1.81. The van der Waals surface area contributed by atoms with Crippen LogP contribution in [0.15, 0.2) is 34.9 Å². The van der Waals surface area contributed by atoms with Crippen LogP contribution in [0.25, 0.3) is 10.9 Å².